The minimum atomic E-state index is 0.165. The molecule has 1 N–H and O–H groups in total. The van der Waals surface area contributed by atoms with Crippen LogP contribution in [0.4, 0.5) is 0 Å². The van der Waals surface area contributed by atoms with Gasteiger partial charge >= 0.3 is 0 Å². The summed E-state index contributed by atoms with van der Waals surface area (Å²) in [5, 5.41) is 10.2. The average molecular weight is 470 g/mol. The summed E-state index contributed by atoms with van der Waals surface area (Å²) < 4.78 is 6.13. The Hall–Kier alpha value is -2.78. The molecule has 1 saturated heterocycles. The van der Waals surface area contributed by atoms with Crippen LogP contribution in [-0.2, 0) is 6.42 Å². The Morgan fingerprint density at radius 3 is 2.31 bits per heavy atom. The number of hydrogen-bond acceptors (Lipinski definition) is 3. The van der Waals surface area contributed by atoms with Gasteiger partial charge in [-0.1, -0.05) is 73.9 Å². The highest BCUT2D eigenvalue weighted by atomic mass is 16.5. The number of benzene rings is 3. The number of phenolic OH excluding ortho intramolecular Hbond substituents is 1. The average Bonchev–Trinajstić information content (AvgIpc) is 3.42. The lowest BCUT2D eigenvalue weighted by Crippen LogP contribution is -2.25. The molecule has 3 aromatic carbocycles. The number of likely N-dealkylation sites (tertiary alicyclic amines) is 1. The van der Waals surface area contributed by atoms with Crippen LogP contribution < -0.4 is 4.74 Å². The van der Waals surface area contributed by atoms with E-state index in [1.807, 2.05) is 12.1 Å². The predicted octanol–water partition coefficient (Wildman–Crippen LogP) is 7.29. The second kappa shape index (κ2) is 11.8. The minimum Gasteiger partial charge on any atom is -0.508 e. The Morgan fingerprint density at radius 2 is 1.51 bits per heavy atom. The summed E-state index contributed by atoms with van der Waals surface area (Å²) in [6, 6.07) is 25.3. The lowest BCUT2D eigenvalue weighted by atomic mass is 9.75. The fourth-order valence-corrected chi connectivity index (χ4v) is 5.90. The first kappa shape index (κ1) is 23.9. The van der Waals surface area contributed by atoms with Gasteiger partial charge in [0.25, 0.3) is 0 Å². The third-order valence-corrected chi connectivity index (χ3v) is 7.85. The van der Waals surface area contributed by atoms with Gasteiger partial charge in [-0.2, -0.15) is 0 Å². The topological polar surface area (TPSA) is 32.7 Å². The number of unbranched alkanes of at least 4 members (excludes halogenated alkanes) is 4. The zero-order chi connectivity index (χ0) is 23.9. The van der Waals surface area contributed by atoms with Gasteiger partial charge < -0.3 is 14.7 Å². The number of fused-ring (bicyclic) bond motifs is 1. The van der Waals surface area contributed by atoms with Crippen molar-refractivity contribution in [3.8, 4) is 11.5 Å². The molecule has 0 spiro atoms. The molecular formula is C32H39NO2. The summed E-state index contributed by atoms with van der Waals surface area (Å²) in [5.41, 5.74) is 5.07. The van der Waals surface area contributed by atoms with Crippen molar-refractivity contribution in [1.82, 2.24) is 4.90 Å². The van der Waals surface area contributed by atoms with Gasteiger partial charge in [-0.15, -0.1) is 0 Å². The molecule has 0 radical (unpaired) electrons. The van der Waals surface area contributed by atoms with Gasteiger partial charge in [0.15, 0.2) is 0 Å². The molecule has 3 nitrogen and oxygen atoms in total. The van der Waals surface area contributed by atoms with Crippen molar-refractivity contribution in [1.29, 1.82) is 0 Å². The van der Waals surface area contributed by atoms with Crippen molar-refractivity contribution >= 4 is 0 Å². The molecule has 1 fully saturated rings. The van der Waals surface area contributed by atoms with Crippen molar-refractivity contribution in [2.24, 2.45) is 0 Å². The fraction of sp³-hybridized carbons (Fsp3) is 0.438. The minimum absolute atomic E-state index is 0.165. The Morgan fingerprint density at radius 1 is 0.771 bits per heavy atom. The molecule has 35 heavy (non-hydrogen) atoms. The van der Waals surface area contributed by atoms with E-state index in [4.69, 9.17) is 4.74 Å². The molecule has 2 aliphatic heterocycles. The largest absolute Gasteiger partial charge is 0.508 e. The monoisotopic (exact) mass is 469 g/mol. The molecule has 3 heteroatoms. The van der Waals surface area contributed by atoms with Crippen molar-refractivity contribution in [3.63, 3.8) is 0 Å². The van der Waals surface area contributed by atoms with E-state index in [1.165, 1.54) is 81.3 Å². The number of aromatic hydroxyl groups is 1. The van der Waals surface area contributed by atoms with Crippen LogP contribution in [-0.4, -0.2) is 36.2 Å². The molecule has 0 bridgehead atoms. The molecule has 0 aliphatic carbocycles. The zero-order valence-electron chi connectivity index (χ0n) is 20.9. The van der Waals surface area contributed by atoms with E-state index >= 15 is 0 Å². The van der Waals surface area contributed by atoms with Crippen LogP contribution in [0.1, 0.15) is 79.0 Å². The first-order valence-electron chi connectivity index (χ1n) is 13.6. The van der Waals surface area contributed by atoms with Gasteiger partial charge in [0.1, 0.15) is 11.5 Å². The van der Waals surface area contributed by atoms with Crippen molar-refractivity contribution in [2.75, 3.05) is 26.2 Å². The van der Waals surface area contributed by atoms with Gasteiger partial charge in [0, 0.05) is 17.4 Å². The SMILES string of the molecule is Oc1ccc2c(c1)[C@H](c1ccc(CCCCCCCN3CCCC3)cc1)[C@H](c1ccccc1)CO2. The maximum Gasteiger partial charge on any atom is 0.123 e. The smallest absolute Gasteiger partial charge is 0.123 e. The summed E-state index contributed by atoms with van der Waals surface area (Å²) >= 11 is 0. The zero-order valence-corrected chi connectivity index (χ0v) is 20.9. The van der Waals surface area contributed by atoms with E-state index in [9.17, 15) is 5.11 Å². The third-order valence-electron chi connectivity index (χ3n) is 7.85. The first-order chi connectivity index (χ1) is 17.3. The van der Waals surface area contributed by atoms with E-state index in [0.717, 1.165) is 17.7 Å². The quantitative estimate of drug-likeness (QED) is 0.317. The van der Waals surface area contributed by atoms with Crippen molar-refractivity contribution in [3.05, 3.63) is 95.1 Å². The number of nitrogens with zero attached hydrogens (tertiary/aromatic N) is 1. The van der Waals surface area contributed by atoms with Crippen molar-refractivity contribution in [2.45, 2.75) is 63.2 Å². The molecule has 0 unspecified atom stereocenters. The molecule has 0 aromatic heterocycles. The molecule has 2 atom stereocenters. The Labute approximate surface area is 210 Å². The van der Waals surface area contributed by atoms with Gasteiger partial charge in [-0.3, -0.25) is 0 Å². The highest BCUT2D eigenvalue weighted by molar-refractivity contribution is 5.50. The second-order valence-corrected chi connectivity index (χ2v) is 10.3. The molecule has 184 valence electrons. The van der Waals surface area contributed by atoms with Gasteiger partial charge in [-0.25, -0.2) is 0 Å². The summed E-state index contributed by atoms with van der Waals surface area (Å²) in [6.07, 6.45) is 10.6. The molecule has 0 amide bonds. The fourth-order valence-electron chi connectivity index (χ4n) is 5.90. The van der Waals surface area contributed by atoms with Crippen LogP contribution >= 0.6 is 0 Å². The summed E-state index contributed by atoms with van der Waals surface area (Å²) in [7, 11) is 0. The molecular weight excluding hydrogens is 430 g/mol. The highest BCUT2D eigenvalue weighted by Crippen LogP contribution is 2.47. The van der Waals surface area contributed by atoms with Gasteiger partial charge in [-0.05, 0) is 86.6 Å². The molecule has 3 aromatic rings. The van der Waals surface area contributed by atoms with E-state index in [2.05, 4.69) is 59.5 Å². The summed E-state index contributed by atoms with van der Waals surface area (Å²) in [5.74, 6) is 1.56. The molecule has 2 aliphatic rings. The van der Waals surface area contributed by atoms with E-state index in [-0.39, 0.29) is 11.8 Å². The Kier molecular flexibility index (Phi) is 8.05. The van der Waals surface area contributed by atoms with Crippen LogP contribution in [0.2, 0.25) is 0 Å². The summed E-state index contributed by atoms with van der Waals surface area (Å²) in [4.78, 5) is 2.63. The first-order valence-corrected chi connectivity index (χ1v) is 13.6. The van der Waals surface area contributed by atoms with E-state index in [0.29, 0.717) is 12.4 Å². The number of rotatable bonds is 10. The third kappa shape index (κ3) is 6.08. The molecule has 5 rings (SSSR count). The van der Waals surface area contributed by atoms with Gasteiger partial charge in [0.05, 0.1) is 6.61 Å². The van der Waals surface area contributed by atoms with Gasteiger partial charge in [0.2, 0.25) is 0 Å². The van der Waals surface area contributed by atoms with E-state index < -0.39 is 0 Å². The summed E-state index contributed by atoms with van der Waals surface area (Å²) in [6.45, 7) is 4.59. The lowest BCUT2D eigenvalue weighted by Gasteiger charge is -2.34. The maximum atomic E-state index is 10.2. The number of phenols is 1. The normalized spacial score (nSPS) is 19.9. The van der Waals surface area contributed by atoms with E-state index in [1.54, 1.807) is 6.07 Å². The number of ether oxygens (including phenoxy) is 1. The standard InChI is InChI=1S/C32H39NO2/c34-28-18-19-31-29(23-28)32(30(24-35-31)26-12-6-4-7-13-26)27-16-14-25(15-17-27)11-5-2-1-3-8-20-33-21-9-10-22-33/h4,6-7,12-19,23,30,32,34H,1-3,5,8-11,20-22,24H2/t30-,32-/m0/s1. The maximum absolute atomic E-state index is 10.2. The molecule has 0 saturated carbocycles. The Bertz CT molecular complexity index is 1060. The second-order valence-electron chi connectivity index (χ2n) is 10.3. The lowest BCUT2D eigenvalue weighted by molar-refractivity contribution is 0.248. The van der Waals surface area contributed by atoms with Crippen LogP contribution in [0, 0.1) is 0 Å². The Balaban J connectivity index is 1.20. The highest BCUT2D eigenvalue weighted by Gasteiger charge is 2.33. The van der Waals surface area contributed by atoms with Crippen molar-refractivity contribution < 1.29 is 9.84 Å². The predicted molar refractivity (Wildman–Crippen MR) is 144 cm³/mol. The molecule has 2 heterocycles. The van der Waals surface area contributed by atoms with Crippen LogP contribution in [0.25, 0.3) is 0 Å². The number of hydrogen-bond donors (Lipinski definition) is 1. The van der Waals surface area contributed by atoms with Crippen LogP contribution in [0.15, 0.2) is 72.8 Å². The van der Waals surface area contributed by atoms with Crippen LogP contribution in [0.3, 0.4) is 0 Å². The van der Waals surface area contributed by atoms with Crippen LogP contribution in [0.5, 0.6) is 11.5 Å². The number of aryl methyl sites for hydroxylation is 1.